The summed E-state index contributed by atoms with van der Waals surface area (Å²) in [6, 6.07) is 0. The van der Waals surface area contributed by atoms with Gasteiger partial charge in [0.25, 0.3) is 0 Å². The van der Waals surface area contributed by atoms with Gasteiger partial charge in [0.1, 0.15) is 0 Å². The third kappa shape index (κ3) is 13.9. The summed E-state index contributed by atoms with van der Waals surface area (Å²) in [4.78, 5) is 0. The maximum absolute atomic E-state index is 7.50. The molecular formula is C28H50IrOP2-2. The molecule has 4 heteroatoms. The Morgan fingerprint density at radius 1 is 0.656 bits per heavy atom. The van der Waals surface area contributed by atoms with Crippen molar-refractivity contribution in [2.75, 3.05) is 12.3 Å². The quantitative estimate of drug-likeness (QED) is 0.163. The predicted molar refractivity (Wildman–Crippen MR) is 147 cm³/mol. The molecule has 0 saturated heterocycles. The second-order valence-electron chi connectivity index (χ2n) is 11.9. The van der Waals surface area contributed by atoms with Crippen LogP contribution < -0.4 is 0 Å². The van der Waals surface area contributed by atoms with E-state index in [1.54, 1.807) is 6.92 Å². The molecule has 0 unspecified atom stereocenters. The normalized spacial score (nSPS) is 14.6. The molecule has 0 N–H and O–H groups in total. The Bertz CT molecular complexity index is 550. The monoisotopic (exact) mass is 657 g/mol. The van der Waals surface area contributed by atoms with Crippen molar-refractivity contribution in [1.29, 1.82) is 0 Å². The van der Waals surface area contributed by atoms with Crippen molar-refractivity contribution in [3.63, 3.8) is 0 Å². The van der Waals surface area contributed by atoms with E-state index in [1.165, 1.54) is 23.5 Å². The second-order valence-corrected chi connectivity index (χ2v) is 19.6. The fourth-order valence-electron chi connectivity index (χ4n) is 4.22. The summed E-state index contributed by atoms with van der Waals surface area (Å²) in [7, 11) is -0.235. The zero-order valence-corrected chi connectivity index (χ0v) is 27.3. The molecule has 1 aliphatic carbocycles. The topological polar surface area (TPSA) is 19.9 Å². The Labute approximate surface area is 218 Å². The second kappa shape index (κ2) is 15.4. The molecule has 1 aliphatic rings. The molecule has 32 heavy (non-hydrogen) atoms. The molecule has 0 aromatic rings. The summed E-state index contributed by atoms with van der Waals surface area (Å²) in [5.74, 6) is 0. The fourth-order valence-corrected chi connectivity index (χ4v) is 11.3. The minimum atomic E-state index is -0.117. The van der Waals surface area contributed by atoms with Gasteiger partial charge in [-0.3, -0.25) is 0 Å². The van der Waals surface area contributed by atoms with Crippen molar-refractivity contribution < 1.29 is 24.8 Å². The molecule has 1 rings (SSSR count). The average Bonchev–Trinajstić information content (AvgIpc) is 2.82. The van der Waals surface area contributed by atoms with Crippen molar-refractivity contribution in [2.24, 2.45) is 0 Å². The van der Waals surface area contributed by atoms with Crippen LogP contribution in [-0.4, -0.2) is 32.9 Å². The van der Waals surface area contributed by atoms with Crippen LogP contribution in [-0.2, 0) is 24.8 Å². The first-order valence-electron chi connectivity index (χ1n) is 11.3. The van der Waals surface area contributed by atoms with Crippen LogP contribution in [0.3, 0.4) is 0 Å². The van der Waals surface area contributed by atoms with E-state index in [-0.39, 0.29) is 35.9 Å². The summed E-state index contributed by atoms with van der Waals surface area (Å²) >= 11 is 0. The van der Waals surface area contributed by atoms with Gasteiger partial charge in [-0.2, -0.15) is 36.6 Å². The fraction of sp³-hybridized carbons (Fsp3) is 0.679. The van der Waals surface area contributed by atoms with Crippen molar-refractivity contribution in [3.8, 4) is 0 Å². The average molecular weight is 657 g/mol. The minimum Gasteiger partial charge on any atom is -0.346 e. The summed E-state index contributed by atoms with van der Waals surface area (Å²) in [5, 5.41) is 1.47. The van der Waals surface area contributed by atoms with Crippen molar-refractivity contribution >= 4 is 15.8 Å². The number of allylic oxidation sites excluding steroid dienone is 6. The summed E-state index contributed by atoms with van der Waals surface area (Å²) in [5.41, 5.74) is 3.03. The van der Waals surface area contributed by atoms with E-state index in [9.17, 15) is 0 Å². The van der Waals surface area contributed by atoms with Gasteiger partial charge in [0.05, 0.1) is 0 Å². The van der Waals surface area contributed by atoms with E-state index in [0.717, 1.165) is 0 Å². The number of hydrogen-bond acceptors (Lipinski definition) is 0. The Hall–Kier alpha value is 0.339. The van der Waals surface area contributed by atoms with Gasteiger partial charge in [-0.1, -0.05) is 98.9 Å². The van der Waals surface area contributed by atoms with Gasteiger partial charge < -0.3 is 6.92 Å². The van der Waals surface area contributed by atoms with Crippen LogP contribution in [0.2, 0.25) is 0 Å². The Morgan fingerprint density at radius 3 is 1.06 bits per heavy atom. The van der Waals surface area contributed by atoms with Crippen LogP contribution in [0.4, 0.5) is 0 Å². The molecule has 0 aromatic heterocycles. The van der Waals surface area contributed by atoms with Crippen molar-refractivity contribution in [2.45, 2.75) is 111 Å². The third-order valence-corrected chi connectivity index (χ3v) is 12.9. The van der Waals surface area contributed by atoms with Gasteiger partial charge in [0, 0.05) is 20.1 Å². The molecule has 1 radical (unpaired) electrons. The zero-order chi connectivity index (χ0) is 25.3. The van der Waals surface area contributed by atoms with Crippen LogP contribution in [0.1, 0.15) is 90.0 Å². The molecule has 189 valence electrons. The molecule has 0 bridgehead atoms. The molecule has 0 spiro atoms. The SMILES string of the molecule is CC(C)(C)P(CC1=CC=CC=C(CP(C(C)(C)C)C(C)(C)C)[CH-]1)C(C)(C)C.[C-]#[O+].[CH2-]C.[Ir]. The Balaban J connectivity index is -0.00000159. The van der Waals surface area contributed by atoms with E-state index < -0.39 is 0 Å². The predicted octanol–water partition coefficient (Wildman–Crippen LogP) is 9.57. The summed E-state index contributed by atoms with van der Waals surface area (Å²) in [6.07, 6.45) is 14.1. The van der Waals surface area contributed by atoms with E-state index in [2.05, 4.69) is 127 Å². The first kappa shape index (κ1) is 36.9. The Kier molecular flexibility index (Phi) is 17.7. The largest absolute Gasteiger partial charge is 0.346 e. The van der Waals surface area contributed by atoms with E-state index >= 15 is 0 Å². The molecule has 0 atom stereocenters. The Morgan fingerprint density at radius 2 is 0.875 bits per heavy atom. The molecule has 0 heterocycles. The molecule has 0 aliphatic heterocycles. The number of hydrogen-bond donors (Lipinski definition) is 0. The summed E-state index contributed by atoms with van der Waals surface area (Å²) in [6.45, 7) is 38.6. The molecule has 0 aromatic carbocycles. The van der Waals surface area contributed by atoms with Crippen molar-refractivity contribution in [3.05, 3.63) is 55.4 Å². The van der Waals surface area contributed by atoms with E-state index in [0.29, 0.717) is 20.6 Å². The van der Waals surface area contributed by atoms with Crippen LogP contribution >= 0.6 is 15.8 Å². The van der Waals surface area contributed by atoms with Gasteiger partial charge in [-0.25, -0.2) is 0 Å². The van der Waals surface area contributed by atoms with Crippen LogP contribution in [0.5, 0.6) is 0 Å². The molecule has 0 amide bonds. The standard InChI is InChI=1S/C25H45P2.C2H5.CO.Ir/c1-22(2,3)26(23(4,5)6)18-20-15-13-14-16-21(17-20)19-27(24(7,8)9)25(10,11)12;2*1-2;/h13-17H,18-19H2,1-12H3;1H2,2H3;;/q2*-1;;. The van der Waals surface area contributed by atoms with Gasteiger partial charge in [-0.05, 0) is 32.9 Å². The number of rotatable bonds is 4. The molecular weight excluding hydrogens is 606 g/mol. The van der Waals surface area contributed by atoms with Crippen LogP contribution in [0, 0.1) is 20.0 Å². The molecule has 0 saturated carbocycles. The van der Waals surface area contributed by atoms with Gasteiger partial charge in [-0.15, -0.1) is 12.2 Å². The first-order valence-corrected chi connectivity index (χ1v) is 14.4. The van der Waals surface area contributed by atoms with Gasteiger partial charge >= 0.3 is 11.3 Å². The van der Waals surface area contributed by atoms with Crippen LogP contribution in [0.15, 0.2) is 35.5 Å². The van der Waals surface area contributed by atoms with E-state index in [4.69, 9.17) is 4.65 Å². The third-order valence-electron chi connectivity index (χ3n) is 5.02. The maximum Gasteiger partial charge on any atom is 0 e. The molecule has 1 nitrogen and oxygen atoms in total. The smallest absolute Gasteiger partial charge is 0 e. The van der Waals surface area contributed by atoms with E-state index in [1.807, 2.05) is 0 Å². The zero-order valence-electron chi connectivity index (χ0n) is 23.1. The van der Waals surface area contributed by atoms with Gasteiger partial charge in [0.15, 0.2) is 0 Å². The van der Waals surface area contributed by atoms with Crippen molar-refractivity contribution in [1.82, 2.24) is 0 Å². The van der Waals surface area contributed by atoms with Gasteiger partial charge in [0.2, 0.25) is 0 Å². The summed E-state index contributed by atoms with van der Waals surface area (Å²) < 4.78 is 7.50. The maximum atomic E-state index is 7.50. The molecule has 0 fully saturated rings. The first-order chi connectivity index (χ1) is 13.9. The van der Waals surface area contributed by atoms with Crippen LogP contribution in [0.25, 0.3) is 0 Å². The minimum absolute atomic E-state index is 0.